The molecule has 0 fully saturated rings. The van der Waals surface area contributed by atoms with Crippen LogP contribution in [0.4, 0.5) is 0 Å². The number of hydrogen-bond acceptors (Lipinski definition) is 3. The molecule has 0 spiro atoms. The van der Waals surface area contributed by atoms with Crippen LogP contribution in [0.25, 0.3) is 0 Å². The number of aryl methyl sites for hydroxylation is 3. The third-order valence-corrected chi connectivity index (χ3v) is 3.52. The van der Waals surface area contributed by atoms with E-state index >= 15 is 0 Å². The van der Waals surface area contributed by atoms with Gasteiger partial charge in [0.2, 0.25) is 0 Å². The van der Waals surface area contributed by atoms with Crippen molar-refractivity contribution in [1.29, 1.82) is 0 Å². The lowest BCUT2D eigenvalue weighted by molar-refractivity contribution is -0.125. The molecule has 0 radical (unpaired) electrons. The minimum absolute atomic E-state index is 0.0413. The number of nitrogens with one attached hydrogen (secondary N) is 1. The molecule has 2 N–H and O–H groups in total. The summed E-state index contributed by atoms with van der Waals surface area (Å²) in [5, 5.41) is 12.1. The third kappa shape index (κ3) is 4.23. The fourth-order valence-electron chi connectivity index (χ4n) is 2.14. The maximum absolute atomic E-state index is 11.9. The van der Waals surface area contributed by atoms with E-state index in [0.717, 1.165) is 16.9 Å². The highest BCUT2D eigenvalue weighted by Crippen LogP contribution is 2.24. The Labute approximate surface area is 121 Å². The lowest BCUT2D eigenvalue weighted by atomic mass is 10.0. The molecular weight excluding hydrogens is 254 g/mol. The Bertz CT molecular complexity index is 456. The Morgan fingerprint density at radius 1 is 1.30 bits per heavy atom. The maximum Gasteiger partial charge on any atom is 0.258 e. The molecule has 112 valence electrons. The first-order chi connectivity index (χ1) is 9.31. The first-order valence-electron chi connectivity index (χ1n) is 6.94. The molecule has 1 amide bonds. The number of rotatable bonds is 6. The van der Waals surface area contributed by atoms with E-state index in [1.165, 1.54) is 5.56 Å². The molecule has 1 atom stereocenters. The molecule has 0 aliphatic carbocycles. The monoisotopic (exact) mass is 279 g/mol. The van der Waals surface area contributed by atoms with Crippen molar-refractivity contribution in [1.82, 2.24) is 5.32 Å². The normalized spacial score (nSPS) is 13.7. The van der Waals surface area contributed by atoms with Gasteiger partial charge in [0.05, 0.1) is 12.1 Å². The molecule has 0 saturated carbocycles. The first kappa shape index (κ1) is 16.5. The van der Waals surface area contributed by atoms with Crippen LogP contribution in [0.3, 0.4) is 0 Å². The predicted molar refractivity (Wildman–Crippen MR) is 80.1 cm³/mol. The van der Waals surface area contributed by atoms with Crippen LogP contribution in [0.2, 0.25) is 0 Å². The summed E-state index contributed by atoms with van der Waals surface area (Å²) in [6.45, 7) is 9.58. The number of hydrogen-bond donors (Lipinski definition) is 2. The van der Waals surface area contributed by atoms with Gasteiger partial charge in [0.1, 0.15) is 5.75 Å². The number of ether oxygens (including phenoxy) is 1. The predicted octanol–water partition coefficient (Wildman–Crippen LogP) is 2.27. The van der Waals surface area contributed by atoms with Crippen LogP contribution in [0, 0.1) is 20.8 Å². The van der Waals surface area contributed by atoms with Crippen molar-refractivity contribution in [2.24, 2.45) is 0 Å². The standard InChI is InChI=1S/C16H25NO3/c1-6-16(5,10-18)17-14(19)9-20-15-12(3)7-11(2)8-13(15)4/h7-8,18H,6,9-10H2,1-5H3,(H,17,19). The summed E-state index contributed by atoms with van der Waals surface area (Å²) in [4.78, 5) is 11.9. The van der Waals surface area contributed by atoms with Crippen LogP contribution in [0.5, 0.6) is 5.75 Å². The van der Waals surface area contributed by atoms with Gasteiger partial charge in [0.25, 0.3) is 5.91 Å². The van der Waals surface area contributed by atoms with Crippen molar-refractivity contribution < 1.29 is 14.6 Å². The van der Waals surface area contributed by atoms with Gasteiger partial charge in [0, 0.05) is 0 Å². The summed E-state index contributed by atoms with van der Waals surface area (Å²) >= 11 is 0. The lowest BCUT2D eigenvalue weighted by Crippen LogP contribution is -2.50. The van der Waals surface area contributed by atoms with Crippen LogP contribution >= 0.6 is 0 Å². The molecule has 0 bridgehead atoms. The average Bonchev–Trinajstić information content (AvgIpc) is 2.37. The highest BCUT2D eigenvalue weighted by atomic mass is 16.5. The maximum atomic E-state index is 11.9. The van der Waals surface area contributed by atoms with E-state index in [0.29, 0.717) is 6.42 Å². The second-order valence-electron chi connectivity index (χ2n) is 5.64. The van der Waals surface area contributed by atoms with Crippen molar-refractivity contribution in [3.8, 4) is 5.75 Å². The summed E-state index contributed by atoms with van der Waals surface area (Å²) in [5.74, 6) is 0.538. The van der Waals surface area contributed by atoms with E-state index in [-0.39, 0.29) is 19.1 Å². The molecule has 0 aliphatic rings. The zero-order valence-corrected chi connectivity index (χ0v) is 13.0. The molecule has 4 heteroatoms. The van der Waals surface area contributed by atoms with Gasteiger partial charge in [-0.15, -0.1) is 0 Å². The van der Waals surface area contributed by atoms with E-state index in [4.69, 9.17) is 4.74 Å². The fourth-order valence-corrected chi connectivity index (χ4v) is 2.14. The number of amides is 1. The number of aliphatic hydroxyl groups excluding tert-OH is 1. The molecule has 1 aromatic rings. The number of aliphatic hydroxyl groups is 1. The Morgan fingerprint density at radius 3 is 2.30 bits per heavy atom. The largest absolute Gasteiger partial charge is 0.483 e. The van der Waals surface area contributed by atoms with Gasteiger partial charge in [-0.25, -0.2) is 0 Å². The Kier molecular flexibility index (Phi) is 5.57. The molecular formula is C16H25NO3. The van der Waals surface area contributed by atoms with Crippen LogP contribution in [-0.4, -0.2) is 29.8 Å². The summed E-state index contributed by atoms with van der Waals surface area (Å²) in [7, 11) is 0. The zero-order valence-electron chi connectivity index (χ0n) is 13.0. The second kappa shape index (κ2) is 6.75. The average molecular weight is 279 g/mol. The van der Waals surface area contributed by atoms with Crippen molar-refractivity contribution >= 4 is 5.91 Å². The molecule has 20 heavy (non-hydrogen) atoms. The number of benzene rings is 1. The molecule has 4 nitrogen and oxygen atoms in total. The Morgan fingerprint density at radius 2 is 1.85 bits per heavy atom. The van der Waals surface area contributed by atoms with E-state index in [1.54, 1.807) is 0 Å². The Hall–Kier alpha value is -1.55. The highest BCUT2D eigenvalue weighted by molar-refractivity contribution is 5.78. The minimum Gasteiger partial charge on any atom is -0.483 e. The van der Waals surface area contributed by atoms with Crippen molar-refractivity contribution in [2.75, 3.05) is 13.2 Å². The zero-order chi connectivity index (χ0) is 15.3. The van der Waals surface area contributed by atoms with E-state index in [9.17, 15) is 9.90 Å². The van der Waals surface area contributed by atoms with Gasteiger partial charge in [-0.05, 0) is 45.2 Å². The topological polar surface area (TPSA) is 58.6 Å². The quantitative estimate of drug-likeness (QED) is 0.840. The Balaban J connectivity index is 2.66. The second-order valence-corrected chi connectivity index (χ2v) is 5.64. The van der Waals surface area contributed by atoms with Crippen molar-refractivity contribution in [2.45, 2.75) is 46.6 Å². The summed E-state index contributed by atoms with van der Waals surface area (Å²) in [5.41, 5.74) is 2.64. The van der Waals surface area contributed by atoms with E-state index < -0.39 is 5.54 Å². The summed E-state index contributed by atoms with van der Waals surface area (Å²) < 4.78 is 5.63. The smallest absolute Gasteiger partial charge is 0.258 e. The molecule has 0 aliphatic heterocycles. The molecule has 1 unspecified atom stereocenters. The van der Waals surface area contributed by atoms with Crippen molar-refractivity contribution in [3.05, 3.63) is 28.8 Å². The number of carbonyl (C=O) groups is 1. The lowest BCUT2D eigenvalue weighted by Gasteiger charge is -2.27. The van der Waals surface area contributed by atoms with E-state index in [1.807, 2.05) is 46.8 Å². The first-order valence-corrected chi connectivity index (χ1v) is 6.94. The van der Waals surface area contributed by atoms with Gasteiger partial charge in [-0.3, -0.25) is 4.79 Å². The van der Waals surface area contributed by atoms with Crippen LogP contribution in [0.15, 0.2) is 12.1 Å². The third-order valence-electron chi connectivity index (χ3n) is 3.52. The summed E-state index contributed by atoms with van der Waals surface area (Å²) in [6.07, 6.45) is 0.665. The summed E-state index contributed by atoms with van der Waals surface area (Å²) in [6, 6.07) is 4.06. The van der Waals surface area contributed by atoms with Gasteiger partial charge in [-0.1, -0.05) is 24.6 Å². The SMILES string of the molecule is CCC(C)(CO)NC(=O)COc1c(C)cc(C)cc1C. The van der Waals surface area contributed by atoms with E-state index in [2.05, 4.69) is 5.32 Å². The van der Waals surface area contributed by atoms with Gasteiger partial charge in [-0.2, -0.15) is 0 Å². The molecule has 1 aromatic carbocycles. The molecule has 0 heterocycles. The van der Waals surface area contributed by atoms with Gasteiger partial charge < -0.3 is 15.2 Å². The number of carbonyl (C=O) groups excluding carboxylic acids is 1. The fraction of sp³-hybridized carbons (Fsp3) is 0.562. The molecule has 0 aromatic heterocycles. The van der Waals surface area contributed by atoms with Crippen LogP contribution in [0.1, 0.15) is 37.0 Å². The molecule has 0 saturated heterocycles. The van der Waals surface area contributed by atoms with Gasteiger partial charge in [0.15, 0.2) is 6.61 Å². The highest BCUT2D eigenvalue weighted by Gasteiger charge is 2.23. The van der Waals surface area contributed by atoms with Crippen molar-refractivity contribution in [3.63, 3.8) is 0 Å². The van der Waals surface area contributed by atoms with Crippen LogP contribution in [-0.2, 0) is 4.79 Å². The van der Waals surface area contributed by atoms with Gasteiger partial charge >= 0.3 is 0 Å². The molecule has 1 rings (SSSR count). The minimum atomic E-state index is -0.586. The van der Waals surface area contributed by atoms with Crippen LogP contribution < -0.4 is 10.1 Å².